The van der Waals surface area contributed by atoms with Crippen LogP contribution in [0.1, 0.15) is 11.1 Å². The number of benzene rings is 2. The highest BCUT2D eigenvalue weighted by atomic mass is 32.2. The highest BCUT2D eigenvalue weighted by molar-refractivity contribution is 7.90. The van der Waals surface area contributed by atoms with Crippen molar-refractivity contribution in [2.45, 2.75) is 17.0 Å². The number of carbonyl (C=O) groups excluding carboxylic acids is 1. The molecule has 0 saturated carbocycles. The summed E-state index contributed by atoms with van der Waals surface area (Å²) in [5.74, 6) is -0.880. The monoisotopic (exact) mass is 534 g/mol. The Morgan fingerprint density at radius 1 is 1.11 bits per heavy atom. The zero-order valence-corrected chi connectivity index (χ0v) is 21.0. The lowest BCUT2D eigenvalue weighted by atomic mass is 10.1. The van der Waals surface area contributed by atoms with Gasteiger partial charge in [0.2, 0.25) is 15.0 Å². The predicted molar refractivity (Wildman–Crippen MR) is 127 cm³/mol. The minimum atomic E-state index is -4.13. The topological polar surface area (TPSA) is 165 Å². The summed E-state index contributed by atoms with van der Waals surface area (Å²) in [5, 5.41) is 11.2. The number of hydrogen-bond donors (Lipinski definition) is 1. The minimum absolute atomic E-state index is 0.0340. The first-order chi connectivity index (χ1) is 16.4. The lowest BCUT2D eigenvalue weighted by molar-refractivity contribution is -0.112. The average molecular weight is 535 g/mol. The van der Waals surface area contributed by atoms with Crippen LogP contribution in [0.25, 0.3) is 6.08 Å². The lowest BCUT2D eigenvalue weighted by Gasteiger charge is -2.11. The maximum Gasteiger partial charge on any atom is 0.339 e. The van der Waals surface area contributed by atoms with Crippen molar-refractivity contribution in [2.24, 2.45) is 0 Å². The summed E-state index contributed by atoms with van der Waals surface area (Å²) in [6, 6.07) is 12.0. The first-order valence-electron chi connectivity index (χ1n) is 9.59. The first-order valence-corrected chi connectivity index (χ1v) is 13.7. The zero-order chi connectivity index (χ0) is 25.8. The third-order valence-electron chi connectivity index (χ3n) is 4.33. The molecule has 11 nitrogen and oxygen atoms in total. The number of nitrogens with zero attached hydrogens (tertiary/aromatic N) is 3. The van der Waals surface area contributed by atoms with Crippen LogP contribution >= 0.6 is 11.5 Å². The lowest BCUT2D eigenvalue weighted by Crippen LogP contribution is -2.13. The van der Waals surface area contributed by atoms with Crippen LogP contribution in [0.3, 0.4) is 0 Å². The van der Waals surface area contributed by atoms with Crippen LogP contribution in [0, 0.1) is 18.3 Å². The third kappa shape index (κ3) is 6.41. The Hall–Kier alpha value is -3.80. The van der Waals surface area contributed by atoms with Crippen LogP contribution < -0.4 is 14.2 Å². The highest BCUT2D eigenvalue weighted by Crippen LogP contribution is 2.31. The molecule has 0 unspecified atom stereocenters. The fourth-order valence-corrected chi connectivity index (χ4v) is 4.98. The van der Waals surface area contributed by atoms with Gasteiger partial charge >= 0.3 is 10.1 Å². The summed E-state index contributed by atoms with van der Waals surface area (Å²) in [5.41, 5.74) is 0.892. The van der Waals surface area contributed by atoms with E-state index in [1.165, 1.54) is 43.5 Å². The molecule has 0 aliphatic carbocycles. The number of methoxy groups -OCH3 is 1. The molecule has 182 valence electrons. The van der Waals surface area contributed by atoms with E-state index in [0.29, 0.717) is 17.1 Å². The van der Waals surface area contributed by atoms with Crippen molar-refractivity contribution in [2.75, 3.05) is 18.7 Å². The van der Waals surface area contributed by atoms with Gasteiger partial charge in [-0.1, -0.05) is 23.8 Å². The fraction of sp³-hybridized carbons (Fsp3) is 0.143. The smallest absolute Gasteiger partial charge is 0.339 e. The Labute approximate surface area is 205 Å². The van der Waals surface area contributed by atoms with Gasteiger partial charge in [-0.3, -0.25) is 10.1 Å². The van der Waals surface area contributed by atoms with Crippen molar-refractivity contribution < 1.29 is 30.6 Å². The Bertz CT molecular complexity index is 1550. The molecule has 1 aromatic heterocycles. The highest BCUT2D eigenvalue weighted by Gasteiger charge is 2.20. The van der Waals surface area contributed by atoms with Gasteiger partial charge in [0, 0.05) is 17.8 Å². The molecule has 1 N–H and O–H groups in total. The van der Waals surface area contributed by atoms with Gasteiger partial charge in [0.15, 0.2) is 11.5 Å². The quantitative estimate of drug-likeness (QED) is 0.258. The Balaban J connectivity index is 1.83. The molecule has 2 aromatic carbocycles. The van der Waals surface area contributed by atoms with E-state index in [0.717, 1.165) is 11.8 Å². The van der Waals surface area contributed by atoms with Crippen molar-refractivity contribution in [3.05, 3.63) is 59.2 Å². The van der Waals surface area contributed by atoms with Gasteiger partial charge in [-0.25, -0.2) is 8.42 Å². The Kier molecular flexibility index (Phi) is 7.54. The second-order valence-electron chi connectivity index (χ2n) is 7.04. The molecule has 1 amide bonds. The molecule has 3 rings (SSSR count). The number of anilines is 1. The van der Waals surface area contributed by atoms with Crippen LogP contribution in [0.15, 0.2) is 58.1 Å². The number of sulfone groups is 1. The number of carbonyl (C=O) groups is 1. The largest absolute Gasteiger partial charge is 0.493 e. The van der Waals surface area contributed by atoms with Gasteiger partial charge in [0.05, 0.1) is 7.11 Å². The molecule has 0 atom stereocenters. The van der Waals surface area contributed by atoms with Gasteiger partial charge in [0.1, 0.15) is 16.5 Å². The average Bonchev–Trinajstić information content (AvgIpc) is 3.27. The van der Waals surface area contributed by atoms with E-state index < -0.39 is 31.0 Å². The molecule has 0 saturated heterocycles. The summed E-state index contributed by atoms with van der Waals surface area (Å²) in [6.07, 6.45) is 2.16. The number of aromatic nitrogens is 2. The Morgan fingerprint density at radius 2 is 1.80 bits per heavy atom. The zero-order valence-electron chi connectivity index (χ0n) is 18.5. The number of hydrogen-bond acceptors (Lipinski definition) is 11. The van der Waals surface area contributed by atoms with E-state index >= 15 is 0 Å². The number of nitriles is 1. The summed E-state index contributed by atoms with van der Waals surface area (Å²) in [4.78, 5) is 16.1. The van der Waals surface area contributed by atoms with E-state index in [1.54, 1.807) is 18.2 Å². The van der Waals surface area contributed by atoms with E-state index in [9.17, 15) is 26.9 Å². The molecule has 3 aromatic rings. The van der Waals surface area contributed by atoms with Crippen molar-refractivity contribution in [3.8, 4) is 17.6 Å². The molecule has 0 aliphatic heterocycles. The summed E-state index contributed by atoms with van der Waals surface area (Å²) in [6.45, 7) is 1.82. The number of rotatable bonds is 8. The van der Waals surface area contributed by atoms with E-state index in [1.807, 2.05) is 6.92 Å². The summed E-state index contributed by atoms with van der Waals surface area (Å²) >= 11 is 0.649. The standard InChI is InChI=1S/C21H18N4O7S3/c1-13-4-7-16(8-5-13)35(29,30)32-17-9-6-14(11-18(17)31-2)10-15(12-22)19(26)23-20-24-21(25-33-20)34(3,27)28/h4-11H,1-3H3,(H,23,24,25,26). The fourth-order valence-electron chi connectivity index (χ4n) is 2.61. The molecule has 0 radical (unpaired) electrons. The molecular formula is C21H18N4O7S3. The van der Waals surface area contributed by atoms with E-state index in [2.05, 4.69) is 14.7 Å². The molecule has 0 bridgehead atoms. The van der Waals surface area contributed by atoms with Gasteiger partial charge in [0.25, 0.3) is 11.1 Å². The van der Waals surface area contributed by atoms with E-state index in [-0.39, 0.29) is 27.1 Å². The third-order valence-corrected chi connectivity index (χ3v) is 7.17. The van der Waals surface area contributed by atoms with Gasteiger partial charge in [-0.15, -0.1) is 0 Å². The maximum atomic E-state index is 12.6. The molecule has 0 fully saturated rings. The molecule has 35 heavy (non-hydrogen) atoms. The normalized spacial score (nSPS) is 12.0. The number of ether oxygens (including phenoxy) is 1. The SMILES string of the molecule is COc1cc(C=C(C#N)C(=O)Nc2nc(S(C)(=O)=O)ns2)ccc1OS(=O)(=O)c1ccc(C)cc1. The summed E-state index contributed by atoms with van der Waals surface area (Å²) in [7, 11) is -6.47. The van der Waals surface area contributed by atoms with Crippen molar-refractivity contribution in [1.29, 1.82) is 5.26 Å². The maximum absolute atomic E-state index is 12.6. The van der Waals surface area contributed by atoms with Crippen molar-refractivity contribution in [3.63, 3.8) is 0 Å². The second kappa shape index (κ2) is 10.2. The van der Waals surface area contributed by atoms with Crippen LogP contribution in [-0.2, 0) is 24.7 Å². The van der Waals surface area contributed by atoms with Crippen LogP contribution in [-0.4, -0.2) is 45.5 Å². The second-order valence-corrected chi connectivity index (χ2v) is 11.2. The molecule has 14 heteroatoms. The minimum Gasteiger partial charge on any atom is -0.493 e. The van der Waals surface area contributed by atoms with Crippen LogP contribution in [0.2, 0.25) is 0 Å². The summed E-state index contributed by atoms with van der Waals surface area (Å²) < 4.78 is 62.2. The molecular weight excluding hydrogens is 516 g/mol. The van der Waals surface area contributed by atoms with Crippen molar-refractivity contribution >= 4 is 48.6 Å². The predicted octanol–water partition coefficient (Wildman–Crippen LogP) is 2.57. The molecule has 0 spiro atoms. The number of nitrogens with one attached hydrogen (secondary N) is 1. The van der Waals surface area contributed by atoms with Gasteiger partial charge in [-0.2, -0.15) is 23.0 Å². The van der Waals surface area contributed by atoms with Crippen molar-refractivity contribution in [1.82, 2.24) is 9.36 Å². The van der Waals surface area contributed by atoms with E-state index in [4.69, 9.17) is 8.92 Å². The molecule has 1 heterocycles. The van der Waals surface area contributed by atoms with Gasteiger partial charge in [-0.05, 0) is 42.8 Å². The van der Waals surface area contributed by atoms with Gasteiger partial charge < -0.3 is 8.92 Å². The first kappa shape index (κ1) is 25.8. The van der Waals surface area contributed by atoms with Crippen LogP contribution in [0.5, 0.6) is 11.5 Å². The molecule has 0 aliphatic rings. The van der Waals surface area contributed by atoms with Crippen LogP contribution in [0.4, 0.5) is 5.13 Å². The Morgan fingerprint density at radius 3 is 2.37 bits per heavy atom. The number of aryl methyl sites for hydroxylation is 1. The number of amides is 1.